The third kappa shape index (κ3) is 7.12. The number of pyridine rings is 1. The van der Waals surface area contributed by atoms with E-state index >= 15 is 0 Å². The molecule has 1 aromatic carbocycles. The molecule has 0 aliphatic carbocycles. The molecule has 30 heavy (non-hydrogen) atoms. The Morgan fingerprint density at radius 3 is 2.60 bits per heavy atom. The lowest BCUT2D eigenvalue weighted by atomic mass is 9.97. The van der Waals surface area contributed by atoms with Gasteiger partial charge in [0.15, 0.2) is 5.96 Å². The number of benzene rings is 1. The van der Waals surface area contributed by atoms with Crippen molar-refractivity contribution in [1.29, 1.82) is 0 Å². The zero-order valence-electron chi connectivity index (χ0n) is 18.5. The number of anilines is 1. The van der Waals surface area contributed by atoms with Crippen LogP contribution in [0, 0.1) is 0 Å². The van der Waals surface area contributed by atoms with Crippen molar-refractivity contribution in [2.24, 2.45) is 4.99 Å². The number of aliphatic imine (C=N–C) groups is 1. The molecule has 7 heteroatoms. The summed E-state index contributed by atoms with van der Waals surface area (Å²) in [6, 6.07) is 17.8. The SMILES string of the molecule is CN=C(NCc1cccc(N(C)C)n1)NC1CCN(Cc2ccccc2)C(C)C1.I. The van der Waals surface area contributed by atoms with Gasteiger partial charge in [0.2, 0.25) is 0 Å². The molecule has 2 atom stereocenters. The Labute approximate surface area is 198 Å². The Bertz CT molecular complexity index is 795. The van der Waals surface area contributed by atoms with Crippen LogP contribution >= 0.6 is 24.0 Å². The predicted octanol–water partition coefficient (Wildman–Crippen LogP) is 3.48. The summed E-state index contributed by atoms with van der Waals surface area (Å²) >= 11 is 0. The summed E-state index contributed by atoms with van der Waals surface area (Å²) in [4.78, 5) is 13.7. The highest BCUT2D eigenvalue weighted by molar-refractivity contribution is 14.0. The van der Waals surface area contributed by atoms with Gasteiger partial charge in [-0.3, -0.25) is 9.89 Å². The molecule has 2 heterocycles. The standard InChI is InChI=1S/C23H34N6.HI/c1-18-15-20(13-14-29(18)17-19-9-6-5-7-10-19)27-23(24-2)25-16-21-11-8-12-22(26-21)28(3)4;/h5-12,18,20H,13-17H2,1-4H3,(H2,24,25,27);1H. The molecule has 2 N–H and O–H groups in total. The van der Waals surface area contributed by atoms with Crippen molar-refractivity contribution in [3.63, 3.8) is 0 Å². The van der Waals surface area contributed by atoms with Crippen LogP contribution in [0.4, 0.5) is 5.82 Å². The normalized spacial score (nSPS) is 19.7. The molecule has 1 fully saturated rings. The number of halogens is 1. The van der Waals surface area contributed by atoms with Gasteiger partial charge in [-0.25, -0.2) is 4.98 Å². The summed E-state index contributed by atoms with van der Waals surface area (Å²) in [7, 11) is 5.84. The molecule has 2 unspecified atom stereocenters. The van der Waals surface area contributed by atoms with E-state index < -0.39 is 0 Å². The zero-order chi connectivity index (χ0) is 20.6. The Hall–Kier alpha value is -1.87. The maximum atomic E-state index is 4.66. The molecule has 1 aliphatic rings. The average Bonchev–Trinajstić information content (AvgIpc) is 2.74. The van der Waals surface area contributed by atoms with E-state index in [4.69, 9.17) is 0 Å². The van der Waals surface area contributed by atoms with Crippen LogP contribution in [0.5, 0.6) is 0 Å². The van der Waals surface area contributed by atoms with E-state index in [-0.39, 0.29) is 24.0 Å². The summed E-state index contributed by atoms with van der Waals surface area (Å²) in [6.45, 7) is 5.10. The molecule has 1 aliphatic heterocycles. The number of piperidine rings is 1. The van der Waals surface area contributed by atoms with Crippen molar-refractivity contribution in [1.82, 2.24) is 20.5 Å². The summed E-state index contributed by atoms with van der Waals surface area (Å²) in [5.74, 6) is 1.81. The molecule has 2 aromatic rings. The topological polar surface area (TPSA) is 55.8 Å². The van der Waals surface area contributed by atoms with Crippen LogP contribution in [0.1, 0.15) is 31.0 Å². The van der Waals surface area contributed by atoms with Gasteiger partial charge >= 0.3 is 0 Å². The predicted molar refractivity (Wildman–Crippen MR) is 137 cm³/mol. The lowest BCUT2D eigenvalue weighted by Gasteiger charge is -2.38. The number of aromatic nitrogens is 1. The molecule has 1 aromatic heterocycles. The highest BCUT2D eigenvalue weighted by Gasteiger charge is 2.25. The lowest BCUT2D eigenvalue weighted by Crippen LogP contribution is -2.51. The second-order valence-corrected chi connectivity index (χ2v) is 7.98. The Morgan fingerprint density at radius 2 is 1.93 bits per heavy atom. The van der Waals surface area contributed by atoms with Crippen LogP contribution in [-0.2, 0) is 13.1 Å². The molecule has 6 nitrogen and oxygen atoms in total. The van der Waals surface area contributed by atoms with Crippen LogP contribution in [0.15, 0.2) is 53.5 Å². The summed E-state index contributed by atoms with van der Waals surface area (Å²) in [5.41, 5.74) is 2.39. The van der Waals surface area contributed by atoms with Gasteiger partial charge in [0.1, 0.15) is 5.82 Å². The quantitative estimate of drug-likeness (QED) is 0.346. The number of nitrogens with zero attached hydrogens (tertiary/aromatic N) is 4. The van der Waals surface area contributed by atoms with Crippen LogP contribution in [-0.4, -0.2) is 55.6 Å². The largest absolute Gasteiger partial charge is 0.363 e. The summed E-state index contributed by atoms with van der Waals surface area (Å²) in [6.07, 6.45) is 2.23. The van der Waals surface area contributed by atoms with Crippen molar-refractivity contribution in [3.05, 3.63) is 59.8 Å². The van der Waals surface area contributed by atoms with Crippen molar-refractivity contribution < 1.29 is 0 Å². The number of hydrogen-bond acceptors (Lipinski definition) is 4. The first-order valence-corrected chi connectivity index (χ1v) is 10.4. The highest BCUT2D eigenvalue weighted by atomic mass is 127. The van der Waals surface area contributed by atoms with E-state index in [9.17, 15) is 0 Å². The van der Waals surface area contributed by atoms with Crippen LogP contribution in [0.3, 0.4) is 0 Å². The van der Waals surface area contributed by atoms with Crippen molar-refractivity contribution in [3.8, 4) is 0 Å². The van der Waals surface area contributed by atoms with E-state index in [1.165, 1.54) is 5.56 Å². The molecule has 1 saturated heterocycles. The van der Waals surface area contributed by atoms with Gasteiger partial charge in [-0.15, -0.1) is 24.0 Å². The van der Waals surface area contributed by atoms with E-state index in [0.717, 1.165) is 43.4 Å². The van der Waals surface area contributed by atoms with Crippen molar-refractivity contribution in [2.45, 2.75) is 44.9 Å². The van der Waals surface area contributed by atoms with E-state index in [1.54, 1.807) is 0 Å². The minimum absolute atomic E-state index is 0. The smallest absolute Gasteiger partial charge is 0.191 e. The summed E-state index contributed by atoms with van der Waals surface area (Å²) in [5, 5.41) is 7.01. The van der Waals surface area contributed by atoms with Crippen LogP contribution < -0.4 is 15.5 Å². The number of guanidine groups is 1. The fourth-order valence-corrected chi connectivity index (χ4v) is 3.78. The zero-order valence-corrected chi connectivity index (χ0v) is 20.8. The average molecular weight is 522 g/mol. The molecule has 0 radical (unpaired) electrons. The van der Waals surface area contributed by atoms with Gasteiger partial charge in [0.05, 0.1) is 12.2 Å². The van der Waals surface area contributed by atoms with Gasteiger partial charge in [-0.2, -0.15) is 0 Å². The minimum Gasteiger partial charge on any atom is -0.363 e. The molecular weight excluding hydrogens is 487 g/mol. The number of hydrogen-bond donors (Lipinski definition) is 2. The fraction of sp³-hybridized carbons (Fsp3) is 0.478. The monoisotopic (exact) mass is 522 g/mol. The third-order valence-electron chi connectivity index (χ3n) is 5.49. The van der Waals surface area contributed by atoms with Crippen LogP contribution in [0.25, 0.3) is 0 Å². The number of likely N-dealkylation sites (tertiary alicyclic amines) is 1. The maximum Gasteiger partial charge on any atom is 0.191 e. The molecule has 0 spiro atoms. The first kappa shape index (κ1) is 24.4. The molecular formula is C23H35IN6. The van der Waals surface area contributed by atoms with E-state index in [2.05, 4.69) is 62.8 Å². The van der Waals surface area contributed by atoms with Crippen molar-refractivity contribution in [2.75, 3.05) is 32.6 Å². The number of nitrogens with one attached hydrogen (secondary N) is 2. The Morgan fingerprint density at radius 1 is 1.17 bits per heavy atom. The number of rotatable bonds is 6. The summed E-state index contributed by atoms with van der Waals surface area (Å²) < 4.78 is 0. The van der Waals surface area contributed by atoms with E-state index in [0.29, 0.717) is 18.6 Å². The fourth-order valence-electron chi connectivity index (χ4n) is 3.78. The lowest BCUT2D eigenvalue weighted by molar-refractivity contribution is 0.134. The van der Waals surface area contributed by atoms with Gasteiger partial charge in [0.25, 0.3) is 0 Å². The van der Waals surface area contributed by atoms with Gasteiger partial charge < -0.3 is 15.5 Å². The third-order valence-corrected chi connectivity index (χ3v) is 5.49. The second-order valence-electron chi connectivity index (χ2n) is 7.98. The molecule has 0 bridgehead atoms. The van der Waals surface area contributed by atoms with Gasteiger partial charge in [0, 0.05) is 46.3 Å². The molecule has 0 amide bonds. The Balaban J connectivity index is 0.00000320. The Kier molecular flexibility index (Phi) is 9.84. The molecule has 0 saturated carbocycles. The molecule has 3 rings (SSSR count). The van der Waals surface area contributed by atoms with Gasteiger partial charge in [-0.1, -0.05) is 36.4 Å². The minimum atomic E-state index is 0. The first-order valence-electron chi connectivity index (χ1n) is 10.4. The first-order chi connectivity index (χ1) is 14.0. The maximum absolute atomic E-state index is 4.66. The van der Waals surface area contributed by atoms with Crippen LogP contribution in [0.2, 0.25) is 0 Å². The second kappa shape index (κ2) is 12.1. The van der Waals surface area contributed by atoms with E-state index in [1.807, 2.05) is 44.2 Å². The highest BCUT2D eigenvalue weighted by Crippen LogP contribution is 2.20. The molecule has 164 valence electrons. The van der Waals surface area contributed by atoms with Crippen molar-refractivity contribution >= 4 is 35.8 Å². The van der Waals surface area contributed by atoms with Gasteiger partial charge in [-0.05, 0) is 37.5 Å².